The van der Waals surface area contributed by atoms with Crippen LogP contribution in [0.1, 0.15) is 5.56 Å². The maximum atomic E-state index is 9.42. The van der Waals surface area contributed by atoms with E-state index in [0.29, 0.717) is 11.1 Å². The zero-order chi connectivity index (χ0) is 34.1. The van der Waals surface area contributed by atoms with Gasteiger partial charge in [0.25, 0.3) is 0 Å². The number of hydrogen-bond acceptors (Lipinski definition) is 4. The van der Waals surface area contributed by atoms with Gasteiger partial charge in [0, 0.05) is 39.9 Å². The molecule has 0 radical (unpaired) electrons. The highest BCUT2D eigenvalue weighted by molar-refractivity contribution is 6.06. The van der Waals surface area contributed by atoms with Crippen LogP contribution in [0.5, 0.6) is 0 Å². The van der Waals surface area contributed by atoms with Crippen molar-refractivity contribution in [2.45, 2.75) is 0 Å². The second kappa shape index (κ2) is 12.7. The van der Waals surface area contributed by atoms with Gasteiger partial charge in [-0.15, -0.1) is 0 Å². The van der Waals surface area contributed by atoms with Crippen molar-refractivity contribution in [1.29, 1.82) is 5.26 Å². The first-order valence-corrected chi connectivity index (χ1v) is 16.8. The van der Waals surface area contributed by atoms with Gasteiger partial charge in [-0.25, -0.2) is 4.98 Å². The fraction of sp³-hybridized carbons (Fsp3) is 0. The molecule has 9 rings (SSSR count). The molecule has 3 heterocycles. The van der Waals surface area contributed by atoms with Crippen LogP contribution in [0, 0.1) is 11.3 Å². The average Bonchev–Trinajstić information content (AvgIpc) is 3.58. The van der Waals surface area contributed by atoms with Crippen molar-refractivity contribution in [2.24, 2.45) is 0 Å². The molecule has 3 aromatic heterocycles. The van der Waals surface area contributed by atoms with E-state index in [-0.39, 0.29) is 0 Å². The highest BCUT2D eigenvalue weighted by Gasteiger charge is 2.15. The van der Waals surface area contributed by atoms with Crippen molar-refractivity contribution in [2.75, 3.05) is 0 Å². The Morgan fingerprint density at radius 2 is 0.922 bits per heavy atom. The number of nitrogens with zero attached hydrogens (tertiary/aromatic N) is 3. The van der Waals surface area contributed by atoms with Gasteiger partial charge >= 0.3 is 0 Å². The maximum absolute atomic E-state index is 9.42. The number of furan rings is 1. The second-order valence-electron chi connectivity index (χ2n) is 12.6. The fourth-order valence-electron chi connectivity index (χ4n) is 6.75. The summed E-state index contributed by atoms with van der Waals surface area (Å²) in [5.41, 5.74) is 14.6. The number of aromatic nitrogens is 2. The molecule has 0 unspecified atom stereocenters. The van der Waals surface area contributed by atoms with Crippen LogP contribution >= 0.6 is 0 Å². The molecule has 0 saturated heterocycles. The Morgan fingerprint density at radius 1 is 0.412 bits per heavy atom. The van der Waals surface area contributed by atoms with E-state index in [1.54, 1.807) is 12.3 Å². The molecule has 6 aromatic carbocycles. The Labute approximate surface area is 295 Å². The predicted molar refractivity (Wildman–Crippen MR) is 207 cm³/mol. The van der Waals surface area contributed by atoms with Gasteiger partial charge in [0.15, 0.2) is 0 Å². The molecule has 0 amide bonds. The first-order chi connectivity index (χ1) is 25.2. The quantitative estimate of drug-likeness (QED) is 0.179. The van der Waals surface area contributed by atoms with E-state index in [4.69, 9.17) is 9.40 Å². The van der Waals surface area contributed by atoms with Gasteiger partial charge in [0.2, 0.25) is 0 Å². The normalized spacial score (nSPS) is 11.1. The monoisotopic (exact) mass is 651 g/mol. The third kappa shape index (κ3) is 5.84. The summed E-state index contributed by atoms with van der Waals surface area (Å²) < 4.78 is 6.28. The Bertz CT molecular complexity index is 2730. The molecule has 4 heteroatoms. The molecule has 0 fully saturated rings. The Morgan fingerprint density at radius 3 is 1.59 bits per heavy atom. The summed E-state index contributed by atoms with van der Waals surface area (Å²) in [6.45, 7) is 0. The summed E-state index contributed by atoms with van der Waals surface area (Å²) in [7, 11) is 0. The van der Waals surface area contributed by atoms with Crippen LogP contribution < -0.4 is 0 Å². The highest BCUT2D eigenvalue weighted by Crippen LogP contribution is 2.38. The van der Waals surface area contributed by atoms with E-state index >= 15 is 0 Å². The van der Waals surface area contributed by atoms with E-state index < -0.39 is 0 Å². The molecule has 0 atom stereocenters. The van der Waals surface area contributed by atoms with Gasteiger partial charge in [-0.05, 0) is 106 Å². The van der Waals surface area contributed by atoms with Gasteiger partial charge in [0.05, 0.1) is 23.0 Å². The van der Waals surface area contributed by atoms with E-state index in [9.17, 15) is 5.26 Å². The summed E-state index contributed by atoms with van der Waals surface area (Å²) >= 11 is 0. The van der Waals surface area contributed by atoms with Gasteiger partial charge in [0.1, 0.15) is 11.2 Å². The largest absolute Gasteiger partial charge is 0.456 e. The molecule has 238 valence electrons. The van der Waals surface area contributed by atoms with E-state index in [1.807, 2.05) is 36.5 Å². The molecule has 0 aliphatic rings. The minimum atomic E-state index is 0.578. The lowest BCUT2D eigenvalue weighted by atomic mass is 9.92. The summed E-state index contributed by atoms with van der Waals surface area (Å²) in [4.78, 5) is 9.62. The number of pyridine rings is 2. The van der Waals surface area contributed by atoms with E-state index in [1.165, 1.54) is 11.1 Å². The van der Waals surface area contributed by atoms with E-state index in [2.05, 4.69) is 138 Å². The number of rotatable bonds is 6. The third-order valence-electron chi connectivity index (χ3n) is 9.38. The molecule has 0 bridgehead atoms. The molecule has 0 aliphatic carbocycles. The zero-order valence-electron chi connectivity index (χ0n) is 27.5. The van der Waals surface area contributed by atoms with Crippen molar-refractivity contribution in [3.8, 4) is 73.1 Å². The van der Waals surface area contributed by atoms with Crippen molar-refractivity contribution < 1.29 is 4.42 Å². The Kier molecular flexibility index (Phi) is 7.50. The van der Waals surface area contributed by atoms with Gasteiger partial charge in [-0.3, -0.25) is 4.98 Å². The van der Waals surface area contributed by atoms with Gasteiger partial charge in [-0.1, -0.05) is 97.1 Å². The third-order valence-corrected chi connectivity index (χ3v) is 9.38. The number of nitriles is 1. The summed E-state index contributed by atoms with van der Waals surface area (Å²) in [5.74, 6) is 0. The number of fused-ring (bicyclic) bond motifs is 3. The lowest BCUT2D eigenvalue weighted by Crippen LogP contribution is -1.92. The minimum Gasteiger partial charge on any atom is -0.456 e. The van der Waals surface area contributed by atoms with E-state index in [0.717, 1.165) is 72.3 Å². The molecule has 0 aliphatic heterocycles. The topological polar surface area (TPSA) is 62.7 Å². The van der Waals surface area contributed by atoms with Crippen LogP contribution in [0.2, 0.25) is 0 Å². The molecule has 9 aromatic rings. The number of benzene rings is 6. The highest BCUT2D eigenvalue weighted by atomic mass is 16.3. The lowest BCUT2D eigenvalue weighted by molar-refractivity contribution is 0.669. The molecule has 0 saturated carbocycles. The first-order valence-electron chi connectivity index (χ1n) is 16.8. The standard InChI is InChI=1S/C47H29N3O/c48-29-31-13-19-42-43-20-18-36(28-47(43)51-46(42)22-31)38-23-39(37-12-7-21-49-30-37)25-40(24-38)41-26-44(34-10-5-2-6-11-34)50-45(27-41)35-16-14-33(15-17-35)32-8-3-1-4-9-32/h1-28,30H. The van der Waals surface area contributed by atoms with Crippen LogP contribution in [-0.4, -0.2) is 9.97 Å². The summed E-state index contributed by atoms with van der Waals surface area (Å²) in [5, 5.41) is 11.4. The van der Waals surface area contributed by atoms with Crippen molar-refractivity contribution in [3.63, 3.8) is 0 Å². The number of hydrogen-bond donors (Lipinski definition) is 0. The Hall–Kier alpha value is -7.09. The Balaban J connectivity index is 1.21. The maximum Gasteiger partial charge on any atom is 0.136 e. The van der Waals surface area contributed by atoms with Crippen molar-refractivity contribution >= 4 is 21.9 Å². The summed E-state index contributed by atoms with van der Waals surface area (Å²) in [6.07, 6.45) is 3.70. The second-order valence-corrected chi connectivity index (χ2v) is 12.6. The fourth-order valence-corrected chi connectivity index (χ4v) is 6.75. The molecular formula is C47H29N3O. The molecule has 0 N–H and O–H groups in total. The van der Waals surface area contributed by atoms with Crippen molar-refractivity contribution in [1.82, 2.24) is 9.97 Å². The van der Waals surface area contributed by atoms with Crippen molar-refractivity contribution in [3.05, 3.63) is 182 Å². The summed E-state index contributed by atoms with van der Waals surface area (Å²) in [6, 6.07) is 58.7. The van der Waals surface area contributed by atoms with Crippen LogP contribution in [0.25, 0.3) is 89.0 Å². The molecule has 51 heavy (non-hydrogen) atoms. The molecule has 4 nitrogen and oxygen atoms in total. The zero-order valence-corrected chi connectivity index (χ0v) is 27.5. The van der Waals surface area contributed by atoms with Crippen LogP contribution in [0.3, 0.4) is 0 Å². The molecular weight excluding hydrogens is 623 g/mol. The average molecular weight is 652 g/mol. The minimum absolute atomic E-state index is 0.578. The lowest BCUT2D eigenvalue weighted by Gasteiger charge is -2.14. The van der Waals surface area contributed by atoms with Gasteiger partial charge in [-0.2, -0.15) is 5.26 Å². The SMILES string of the molecule is N#Cc1ccc2c(c1)oc1cc(-c3cc(-c4cccnc4)cc(-c4cc(-c5ccccc5)nc(-c5ccc(-c6ccccc6)cc5)c4)c3)ccc12. The van der Waals surface area contributed by atoms with Crippen LogP contribution in [0.4, 0.5) is 0 Å². The molecule has 0 spiro atoms. The van der Waals surface area contributed by atoms with Crippen LogP contribution in [0.15, 0.2) is 181 Å². The predicted octanol–water partition coefficient (Wildman–Crippen LogP) is 12.2. The smallest absolute Gasteiger partial charge is 0.136 e. The first kappa shape index (κ1) is 30.0. The van der Waals surface area contributed by atoms with Crippen LogP contribution in [-0.2, 0) is 0 Å². The van der Waals surface area contributed by atoms with Gasteiger partial charge < -0.3 is 4.42 Å².